The SMILES string of the molecule is CC(C)c1ccc2c(ccc(=O)n2C)c1. The van der Waals surface area contributed by atoms with Crippen molar-refractivity contribution in [1.29, 1.82) is 0 Å². The lowest BCUT2D eigenvalue weighted by molar-refractivity contribution is 0.864. The molecule has 0 N–H and O–H groups in total. The minimum Gasteiger partial charge on any atom is -0.311 e. The minimum atomic E-state index is 0.0415. The molecule has 0 atom stereocenters. The molecule has 1 heterocycles. The molecule has 1 aromatic carbocycles. The van der Waals surface area contributed by atoms with E-state index < -0.39 is 0 Å². The quantitative estimate of drug-likeness (QED) is 0.695. The van der Waals surface area contributed by atoms with Crippen molar-refractivity contribution in [3.05, 3.63) is 46.2 Å². The summed E-state index contributed by atoms with van der Waals surface area (Å²) in [5, 5.41) is 1.13. The van der Waals surface area contributed by atoms with Crippen LogP contribution in [0.1, 0.15) is 25.3 Å². The van der Waals surface area contributed by atoms with Crippen LogP contribution in [-0.2, 0) is 7.05 Å². The Morgan fingerprint density at radius 3 is 2.53 bits per heavy atom. The van der Waals surface area contributed by atoms with Crippen LogP contribution >= 0.6 is 0 Å². The molecule has 2 rings (SSSR count). The zero-order chi connectivity index (χ0) is 11.0. The largest absolute Gasteiger partial charge is 0.311 e. The van der Waals surface area contributed by atoms with Gasteiger partial charge in [-0.2, -0.15) is 0 Å². The van der Waals surface area contributed by atoms with Gasteiger partial charge in [-0.25, -0.2) is 0 Å². The molecule has 15 heavy (non-hydrogen) atoms. The predicted molar refractivity (Wildman–Crippen MR) is 63.3 cm³/mol. The number of hydrogen-bond acceptors (Lipinski definition) is 1. The first-order chi connectivity index (χ1) is 7.09. The van der Waals surface area contributed by atoms with Crippen LogP contribution in [0.3, 0.4) is 0 Å². The maximum atomic E-state index is 11.4. The third kappa shape index (κ3) is 1.67. The van der Waals surface area contributed by atoms with E-state index in [4.69, 9.17) is 0 Å². The Bertz CT molecular complexity index is 552. The maximum absolute atomic E-state index is 11.4. The van der Waals surface area contributed by atoms with E-state index in [1.807, 2.05) is 12.1 Å². The predicted octanol–water partition coefficient (Wildman–Crippen LogP) is 2.66. The number of pyridine rings is 1. The van der Waals surface area contributed by atoms with Gasteiger partial charge in [-0.3, -0.25) is 4.79 Å². The number of aryl methyl sites for hydroxylation is 1. The van der Waals surface area contributed by atoms with Gasteiger partial charge < -0.3 is 4.57 Å². The second-order valence-electron chi connectivity index (χ2n) is 4.20. The molecule has 0 amide bonds. The summed E-state index contributed by atoms with van der Waals surface area (Å²) >= 11 is 0. The fraction of sp³-hybridized carbons (Fsp3) is 0.308. The van der Waals surface area contributed by atoms with Crippen LogP contribution in [0.5, 0.6) is 0 Å². The molecule has 2 aromatic rings. The molecule has 0 saturated heterocycles. The molecular formula is C13H15NO. The number of aromatic nitrogens is 1. The van der Waals surface area contributed by atoms with Crippen molar-refractivity contribution in [2.75, 3.05) is 0 Å². The van der Waals surface area contributed by atoms with Gasteiger partial charge in [0.25, 0.3) is 5.56 Å². The van der Waals surface area contributed by atoms with Gasteiger partial charge in [-0.05, 0) is 35.1 Å². The lowest BCUT2D eigenvalue weighted by atomic mass is 10.0. The first-order valence-electron chi connectivity index (χ1n) is 5.19. The monoisotopic (exact) mass is 201 g/mol. The molecule has 0 fully saturated rings. The Hall–Kier alpha value is -1.57. The molecule has 0 aliphatic carbocycles. The molecule has 0 bridgehead atoms. The molecular weight excluding hydrogens is 186 g/mol. The molecule has 0 saturated carbocycles. The van der Waals surface area contributed by atoms with Crippen LogP contribution in [0.2, 0.25) is 0 Å². The van der Waals surface area contributed by atoms with Gasteiger partial charge in [0.2, 0.25) is 0 Å². The van der Waals surface area contributed by atoms with Crippen molar-refractivity contribution in [3.8, 4) is 0 Å². The number of nitrogens with zero attached hydrogens (tertiary/aromatic N) is 1. The highest BCUT2D eigenvalue weighted by Crippen LogP contribution is 2.19. The summed E-state index contributed by atoms with van der Waals surface area (Å²) in [6.07, 6.45) is 0. The number of fused-ring (bicyclic) bond motifs is 1. The van der Waals surface area contributed by atoms with Gasteiger partial charge in [0.15, 0.2) is 0 Å². The second-order valence-corrected chi connectivity index (χ2v) is 4.20. The molecule has 0 unspecified atom stereocenters. The molecule has 0 spiro atoms. The van der Waals surface area contributed by atoms with Crippen LogP contribution in [0.25, 0.3) is 10.9 Å². The molecule has 0 radical (unpaired) electrons. The summed E-state index contributed by atoms with van der Waals surface area (Å²) < 4.78 is 1.68. The lowest BCUT2D eigenvalue weighted by Crippen LogP contribution is -2.14. The van der Waals surface area contributed by atoms with Crippen LogP contribution in [0, 0.1) is 0 Å². The van der Waals surface area contributed by atoms with Crippen molar-refractivity contribution in [2.24, 2.45) is 7.05 Å². The summed E-state index contributed by atoms with van der Waals surface area (Å²) in [6.45, 7) is 4.34. The molecule has 78 valence electrons. The maximum Gasteiger partial charge on any atom is 0.250 e. The van der Waals surface area contributed by atoms with Crippen molar-refractivity contribution in [2.45, 2.75) is 19.8 Å². The van der Waals surface area contributed by atoms with Crippen LogP contribution < -0.4 is 5.56 Å². The van der Waals surface area contributed by atoms with Gasteiger partial charge in [0, 0.05) is 13.1 Å². The minimum absolute atomic E-state index is 0.0415. The standard InChI is InChI=1S/C13H15NO/c1-9(2)10-4-6-12-11(8-10)5-7-13(15)14(12)3/h4-9H,1-3H3. The van der Waals surface area contributed by atoms with E-state index >= 15 is 0 Å². The first-order valence-corrected chi connectivity index (χ1v) is 5.19. The summed E-state index contributed by atoms with van der Waals surface area (Å²) in [7, 11) is 1.81. The fourth-order valence-corrected chi connectivity index (χ4v) is 1.76. The smallest absolute Gasteiger partial charge is 0.250 e. The average molecular weight is 201 g/mol. The highest BCUT2D eigenvalue weighted by Gasteiger charge is 2.02. The highest BCUT2D eigenvalue weighted by molar-refractivity contribution is 5.79. The topological polar surface area (TPSA) is 22.0 Å². The lowest BCUT2D eigenvalue weighted by Gasteiger charge is -2.08. The third-order valence-electron chi connectivity index (χ3n) is 2.82. The van der Waals surface area contributed by atoms with E-state index in [0.29, 0.717) is 5.92 Å². The Kier molecular flexibility index (Phi) is 2.35. The van der Waals surface area contributed by atoms with Gasteiger partial charge >= 0.3 is 0 Å². The average Bonchev–Trinajstić information content (AvgIpc) is 2.23. The van der Waals surface area contributed by atoms with E-state index in [2.05, 4.69) is 26.0 Å². The third-order valence-corrected chi connectivity index (χ3v) is 2.82. The van der Waals surface area contributed by atoms with Crippen LogP contribution in [0.4, 0.5) is 0 Å². The van der Waals surface area contributed by atoms with Gasteiger partial charge in [-0.15, -0.1) is 0 Å². The summed E-state index contributed by atoms with van der Waals surface area (Å²) in [5.41, 5.74) is 2.34. The highest BCUT2D eigenvalue weighted by atomic mass is 16.1. The fourth-order valence-electron chi connectivity index (χ4n) is 1.76. The number of rotatable bonds is 1. The first kappa shape index (κ1) is 9.97. The van der Waals surface area contributed by atoms with Crippen LogP contribution in [-0.4, -0.2) is 4.57 Å². The molecule has 0 aliphatic heterocycles. The Labute approximate surface area is 89.2 Å². The zero-order valence-corrected chi connectivity index (χ0v) is 9.32. The number of benzene rings is 1. The summed E-state index contributed by atoms with van der Waals surface area (Å²) in [4.78, 5) is 11.4. The Balaban J connectivity index is 2.75. The van der Waals surface area contributed by atoms with E-state index in [0.717, 1.165) is 10.9 Å². The molecule has 2 heteroatoms. The van der Waals surface area contributed by atoms with Crippen LogP contribution in [0.15, 0.2) is 35.1 Å². The van der Waals surface area contributed by atoms with Gasteiger partial charge in [0.05, 0.1) is 5.52 Å². The Morgan fingerprint density at radius 2 is 1.87 bits per heavy atom. The van der Waals surface area contributed by atoms with Gasteiger partial charge in [0.1, 0.15) is 0 Å². The normalized spacial score (nSPS) is 11.2. The molecule has 1 aromatic heterocycles. The summed E-state index contributed by atoms with van der Waals surface area (Å²) in [5.74, 6) is 0.520. The Morgan fingerprint density at radius 1 is 1.13 bits per heavy atom. The van der Waals surface area contributed by atoms with Crippen molar-refractivity contribution in [3.63, 3.8) is 0 Å². The second kappa shape index (κ2) is 3.54. The van der Waals surface area contributed by atoms with E-state index in [-0.39, 0.29) is 5.56 Å². The van der Waals surface area contributed by atoms with Gasteiger partial charge in [-0.1, -0.05) is 19.9 Å². The molecule has 2 nitrogen and oxygen atoms in total. The number of hydrogen-bond donors (Lipinski definition) is 0. The van der Waals surface area contributed by atoms with E-state index in [9.17, 15) is 4.79 Å². The summed E-state index contributed by atoms with van der Waals surface area (Å²) in [6, 6.07) is 9.77. The van der Waals surface area contributed by atoms with Crippen molar-refractivity contribution < 1.29 is 0 Å². The zero-order valence-electron chi connectivity index (χ0n) is 9.32. The van der Waals surface area contributed by atoms with Crippen molar-refractivity contribution in [1.82, 2.24) is 4.57 Å². The van der Waals surface area contributed by atoms with Crippen molar-refractivity contribution >= 4 is 10.9 Å². The van der Waals surface area contributed by atoms with E-state index in [1.165, 1.54) is 5.56 Å². The van der Waals surface area contributed by atoms with E-state index in [1.54, 1.807) is 17.7 Å². The molecule has 0 aliphatic rings.